The molecule has 4 aromatic rings. The summed E-state index contributed by atoms with van der Waals surface area (Å²) in [6, 6.07) is 13.5. The topological polar surface area (TPSA) is 78.1 Å². The van der Waals surface area contributed by atoms with Crippen LogP contribution in [0.1, 0.15) is 46.7 Å². The van der Waals surface area contributed by atoms with Gasteiger partial charge in [-0.15, -0.1) is 5.10 Å². The number of fused-ring (bicyclic) bond motifs is 2. The Bertz CT molecular complexity index is 1290. The van der Waals surface area contributed by atoms with Gasteiger partial charge in [-0.2, -0.15) is 5.10 Å². The average Bonchev–Trinajstić information content (AvgIpc) is 3.39. The fraction of sp³-hybridized carbons (Fsp3) is 0.304. The van der Waals surface area contributed by atoms with Crippen LogP contribution in [-0.4, -0.2) is 37.3 Å². The summed E-state index contributed by atoms with van der Waals surface area (Å²) in [6.45, 7) is 4.76. The van der Waals surface area contributed by atoms with Crippen molar-refractivity contribution in [2.24, 2.45) is 14.1 Å². The van der Waals surface area contributed by atoms with Crippen molar-refractivity contribution in [2.45, 2.75) is 26.3 Å². The van der Waals surface area contributed by atoms with E-state index < -0.39 is 0 Å². The number of carbonyl (C=O) groups excluding carboxylic acids is 1. The first-order valence-electron chi connectivity index (χ1n) is 10.4. The molecule has 158 valence electrons. The van der Waals surface area contributed by atoms with Crippen LogP contribution < -0.4 is 9.64 Å². The molecular weight excluding hydrogens is 392 g/mol. The van der Waals surface area contributed by atoms with E-state index in [0.717, 1.165) is 45.7 Å². The fourth-order valence-electron chi connectivity index (χ4n) is 4.19. The average molecular weight is 416 g/mol. The van der Waals surface area contributed by atoms with Crippen molar-refractivity contribution in [3.8, 4) is 5.75 Å². The lowest BCUT2D eigenvalue weighted by Crippen LogP contribution is -2.29. The molecule has 1 aliphatic rings. The standard InChI is InChI=1S/C23H24N6O2/c1-5-12-31-17-9-6-15(7-10-17)22-20-14(2)27(3)25-21(20)23(30)29(22)16-8-11-18-19(13-16)28(4)26-24-18/h6-11,13,22H,5,12H2,1-4H3. The monoisotopic (exact) mass is 416 g/mol. The number of carbonyl (C=O) groups is 1. The van der Waals surface area contributed by atoms with Gasteiger partial charge in [-0.05, 0) is 49.2 Å². The van der Waals surface area contributed by atoms with Crippen LogP contribution in [0.2, 0.25) is 0 Å². The lowest BCUT2D eigenvalue weighted by atomic mass is 9.98. The SMILES string of the molecule is CCCOc1ccc(C2c3c(nn(C)c3C)C(=O)N2c2ccc3nnn(C)c3c2)cc1. The molecule has 0 aliphatic carbocycles. The van der Waals surface area contributed by atoms with Crippen molar-refractivity contribution < 1.29 is 9.53 Å². The summed E-state index contributed by atoms with van der Waals surface area (Å²) in [5, 5.41) is 12.8. The zero-order valence-corrected chi connectivity index (χ0v) is 18.0. The minimum absolute atomic E-state index is 0.107. The molecule has 0 N–H and O–H groups in total. The number of hydrogen-bond donors (Lipinski definition) is 0. The number of anilines is 1. The summed E-state index contributed by atoms with van der Waals surface area (Å²) >= 11 is 0. The van der Waals surface area contributed by atoms with E-state index in [9.17, 15) is 4.79 Å². The van der Waals surface area contributed by atoms with Gasteiger partial charge >= 0.3 is 0 Å². The maximum absolute atomic E-state index is 13.5. The number of benzene rings is 2. The molecule has 8 heteroatoms. The van der Waals surface area contributed by atoms with Gasteiger partial charge in [0.25, 0.3) is 5.91 Å². The van der Waals surface area contributed by atoms with Crippen molar-refractivity contribution in [1.29, 1.82) is 0 Å². The van der Waals surface area contributed by atoms with E-state index in [4.69, 9.17) is 4.74 Å². The third kappa shape index (κ3) is 2.98. The van der Waals surface area contributed by atoms with Gasteiger partial charge in [-0.1, -0.05) is 24.3 Å². The molecule has 0 spiro atoms. The van der Waals surface area contributed by atoms with Gasteiger partial charge in [0.05, 0.1) is 18.2 Å². The van der Waals surface area contributed by atoms with Crippen LogP contribution in [0.15, 0.2) is 42.5 Å². The molecule has 1 unspecified atom stereocenters. The van der Waals surface area contributed by atoms with E-state index in [0.29, 0.717) is 12.3 Å². The van der Waals surface area contributed by atoms with Crippen LogP contribution >= 0.6 is 0 Å². The molecule has 0 radical (unpaired) electrons. The molecule has 2 aromatic heterocycles. The zero-order chi connectivity index (χ0) is 21.7. The number of ether oxygens (including phenoxy) is 1. The predicted molar refractivity (Wildman–Crippen MR) is 117 cm³/mol. The lowest BCUT2D eigenvalue weighted by molar-refractivity contribution is 0.0988. The molecule has 0 saturated heterocycles. The molecule has 0 saturated carbocycles. The Morgan fingerprint density at radius 2 is 1.84 bits per heavy atom. The van der Waals surface area contributed by atoms with Crippen LogP contribution in [-0.2, 0) is 14.1 Å². The second-order valence-corrected chi connectivity index (χ2v) is 7.85. The summed E-state index contributed by atoms with van der Waals surface area (Å²) in [4.78, 5) is 15.3. The molecule has 2 aromatic carbocycles. The van der Waals surface area contributed by atoms with Gasteiger partial charge in [0.1, 0.15) is 11.3 Å². The second-order valence-electron chi connectivity index (χ2n) is 7.85. The molecule has 3 heterocycles. The Kier molecular flexibility index (Phi) is 4.50. The van der Waals surface area contributed by atoms with E-state index in [1.54, 1.807) is 9.36 Å². The Morgan fingerprint density at radius 3 is 2.58 bits per heavy atom. The molecule has 0 fully saturated rings. The van der Waals surface area contributed by atoms with Gasteiger partial charge in [0.15, 0.2) is 5.69 Å². The summed E-state index contributed by atoms with van der Waals surface area (Å²) in [5.41, 5.74) is 5.88. The maximum Gasteiger partial charge on any atom is 0.280 e. The number of hydrogen-bond acceptors (Lipinski definition) is 5. The number of amides is 1. The summed E-state index contributed by atoms with van der Waals surface area (Å²) in [7, 11) is 3.72. The van der Waals surface area contributed by atoms with Crippen LogP contribution in [0.25, 0.3) is 11.0 Å². The second kappa shape index (κ2) is 7.23. The Balaban J connectivity index is 1.63. The molecule has 8 nitrogen and oxygen atoms in total. The summed E-state index contributed by atoms with van der Waals surface area (Å²) < 4.78 is 9.23. The minimum atomic E-state index is -0.268. The van der Waals surface area contributed by atoms with E-state index in [2.05, 4.69) is 22.3 Å². The van der Waals surface area contributed by atoms with Crippen molar-refractivity contribution >= 4 is 22.6 Å². The normalized spacial score (nSPS) is 15.7. The fourth-order valence-corrected chi connectivity index (χ4v) is 4.19. The number of aromatic nitrogens is 5. The van der Waals surface area contributed by atoms with Crippen LogP contribution in [0.4, 0.5) is 5.69 Å². The van der Waals surface area contributed by atoms with Gasteiger partial charge in [-0.25, -0.2) is 4.68 Å². The molecule has 1 atom stereocenters. The van der Waals surface area contributed by atoms with Crippen LogP contribution in [0, 0.1) is 6.92 Å². The first-order chi connectivity index (χ1) is 15.0. The largest absolute Gasteiger partial charge is 0.494 e. The zero-order valence-electron chi connectivity index (χ0n) is 18.0. The van der Waals surface area contributed by atoms with E-state index >= 15 is 0 Å². The molecule has 31 heavy (non-hydrogen) atoms. The highest BCUT2D eigenvalue weighted by atomic mass is 16.5. The predicted octanol–water partition coefficient (Wildman–Crippen LogP) is 3.55. The summed E-state index contributed by atoms with van der Waals surface area (Å²) in [6.07, 6.45) is 0.955. The molecular formula is C23H24N6O2. The van der Waals surface area contributed by atoms with Gasteiger partial charge in [0.2, 0.25) is 0 Å². The summed E-state index contributed by atoms with van der Waals surface area (Å²) in [5.74, 6) is 0.719. The first kappa shape index (κ1) is 19.3. The molecule has 0 bridgehead atoms. The number of aryl methyl sites for hydroxylation is 2. The minimum Gasteiger partial charge on any atom is -0.494 e. The van der Waals surface area contributed by atoms with Crippen molar-refractivity contribution in [1.82, 2.24) is 24.8 Å². The smallest absolute Gasteiger partial charge is 0.280 e. The number of rotatable bonds is 5. The maximum atomic E-state index is 13.5. The van der Waals surface area contributed by atoms with Gasteiger partial charge in [-0.3, -0.25) is 14.4 Å². The highest BCUT2D eigenvalue weighted by Gasteiger charge is 2.43. The third-order valence-electron chi connectivity index (χ3n) is 5.87. The van der Waals surface area contributed by atoms with Crippen LogP contribution in [0.3, 0.4) is 0 Å². The van der Waals surface area contributed by atoms with E-state index in [1.807, 2.05) is 68.4 Å². The lowest BCUT2D eigenvalue weighted by Gasteiger charge is -2.27. The Hall–Kier alpha value is -3.68. The van der Waals surface area contributed by atoms with E-state index in [1.165, 1.54) is 0 Å². The van der Waals surface area contributed by atoms with Crippen molar-refractivity contribution in [2.75, 3.05) is 11.5 Å². The van der Waals surface area contributed by atoms with E-state index in [-0.39, 0.29) is 11.9 Å². The van der Waals surface area contributed by atoms with Crippen LogP contribution in [0.5, 0.6) is 5.75 Å². The molecule has 1 aliphatic heterocycles. The Labute approximate surface area is 180 Å². The molecule has 5 rings (SSSR count). The van der Waals surface area contributed by atoms with Crippen molar-refractivity contribution in [3.63, 3.8) is 0 Å². The highest BCUT2D eigenvalue weighted by Crippen LogP contribution is 2.43. The van der Waals surface area contributed by atoms with Gasteiger partial charge < -0.3 is 4.74 Å². The number of nitrogens with zero attached hydrogens (tertiary/aromatic N) is 6. The quantitative estimate of drug-likeness (QED) is 0.497. The first-order valence-corrected chi connectivity index (χ1v) is 10.4. The van der Waals surface area contributed by atoms with Crippen molar-refractivity contribution in [3.05, 3.63) is 65.0 Å². The third-order valence-corrected chi connectivity index (χ3v) is 5.87. The molecule has 1 amide bonds. The Morgan fingerprint density at radius 1 is 1.06 bits per heavy atom. The van der Waals surface area contributed by atoms with Gasteiger partial charge in [0, 0.05) is 31.0 Å². The highest BCUT2D eigenvalue weighted by molar-refractivity contribution is 6.11.